The number of halogens is 2. The molecule has 0 saturated carbocycles. The van der Waals surface area contributed by atoms with Crippen LogP contribution in [0, 0.1) is 0 Å². The number of aromatic nitrogens is 2. The minimum Gasteiger partial charge on any atom is -0.330 e. The van der Waals surface area contributed by atoms with Crippen molar-refractivity contribution >= 4 is 23.2 Å². The lowest BCUT2D eigenvalue weighted by atomic mass is 10.2. The molecule has 0 aliphatic heterocycles. The molecular weight excluding hydrogens is 255 g/mol. The Hall–Kier alpha value is -0.990. The predicted octanol–water partition coefficient (Wildman–Crippen LogP) is 4.19. The van der Waals surface area contributed by atoms with Crippen LogP contribution in [-0.2, 0) is 13.0 Å². The van der Waals surface area contributed by atoms with Gasteiger partial charge in [-0.3, -0.25) is 0 Å². The van der Waals surface area contributed by atoms with E-state index >= 15 is 0 Å². The second kappa shape index (κ2) is 5.56. The van der Waals surface area contributed by atoms with Crippen LogP contribution in [0.15, 0.2) is 30.6 Å². The first kappa shape index (κ1) is 12.5. The van der Waals surface area contributed by atoms with E-state index in [-0.39, 0.29) is 0 Å². The number of nitrogens with zero attached hydrogens (tertiary/aromatic N) is 2. The highest BCUT2D eigenvalue weighted by molar-refractivity contribution is 6.35. The summed E-state index contributed by atoms with van der Waals surface area (Å²) in [5.74, 6) is 1.07. The first-order valence-electron chi connectivity index (χ1n) is 5.65. The van der Waals surface area contributed by atoms with Crippen LogP contribution in [0.25, 0.3) is 0 Å². The third-order valence-corrected chi connectivity index (χ3v) is 3.37. The molecule has 0 fully saturated rings. The van der Waals surface area contributed by atoms with Gasteiger partial charge in [0.1, 0.15) is 5.82 Å². The topological polar surface area (TPSA) is 17.8 Å². The van der Waals surface area contributed by atoms with Crippen molar-refractivity contribution in [2.75, 3.05) is 0 Å². The van der Waals surface area contributed by atoms with Crippen LogP contribution in [0.5, 0.6) is 0 Å². The van der Waals surface area contributed by atoms with Crippen molar-refractivity contribution in [1.29, 1.82) is 0 Å². The van der Waals surface area contributed by atoms with Gasteiger partial charge in [-0.25, -0.2) is 4.98 Å². The standard InChI is InChI=1S/C13H14Cl2N2/c1-2-4-13-16-7-8-17(13)9-10-11(14)5-3-6-12(10)15/h3,5-8H,2,4,9H2,1H3. The maximum absolute atomic E-state index is 6.16. The van der Waals surface area contributed by atoms with Crippen LogP contribution in [0.4, 0.5) is 0 Å². The van der Waals surface area contributed by atoms with E-state index in [1.165, 1.54) is 0 Å². The lowest BCUT2D eigenvalue weighted by Crippen LogP contribution is -2.05. The molecule has 0 amide bonds. The first-order chi connectivity index (χ1) is 8.22. The van der Waals surface area contributed by atoms with Gasteiger partial charge in [-0.15, -0.1) is 0 Å². The number of rotatable bonds is 4. The molecular formula is C13H14Cl2N2. The first-order valence-corrected chi connectivity index (χ1v) is 6.41. The molecule has 90 valence electrons. The minimum absolute atomic E-state index is 0.674. The molecule has 0 unspecified atom stereocenters. The fourth-order valence-corrected chi connectivity index (χ4v) is 2.31. The van der Waals surface area contributed by atoms with Crippen molar-refractivity contribution in [3.63, 3.8) is 0 Å². The number of imidazole rings is 1. The molecule has 2 aromatic rings. The molecule has 0 radical (unpaired) electrons. The Morgan fingerprint density at radius 2 is 1.94 bits per heavy atom. The number of hydrogen-bond donors (Lipinski definition) is 0. The fourth-order valence-electron chi connectivity index (χ4n) is 1.79. The average Bonchev–Trinajstić information content (AvgIpc) is 2.72. The maximum Gasteiger partial charge on any atom is 0.108 e. The summed E-state index contributed by atoms with van der Waals surface area (Å²) < 4.78 is 2.09. The fraction of sp³-hybridized carbons (Fsp3) is 0.308. The molecule has 1 aromatic carbocycles. The lowest BCUT2D eigenvalue weighted by molar-refractivity contribution is 0.705. The van der Waals surface area contributed by atoms with E-state index < -0.39 is 0 Å². The molecule has 0 aliphatic carbocycles. The zero-order valence-corrected chi connectivity index (χ0v) is 11.2. The Kier molecular flexibility index (Phi) is 4.08. The Bertz CT molecular complexity index is 486. The Balaban J connectivity index is 2.28. The third-order valence-electron chi connectivity index (χ3n) is 2.67. The van der Waals surface area contributed by atoms with Crippen molar-refractivity contribution in [3.05, 3.63) is 52.0 Å². The third kappa shape index (κ3) is 2.82. The van der Waals surface area contributed by atoms with Crippen molar-refractivity contribution in [2.24, 2.45) is 0 Å². The summed E-state index contributed by atoms with van der Waals surface area (Å²) in [6.07, 6.45) is 5.82. The van der Waals surface area contributed by atoms with Crippen LogP contribution in [0.2, 0.25) is 10.0 Å². The van der Waals surface area contributed by atoms with Crippen LogP contribution in [-0.4, -0.2) is 9.55 Å². The largest absolute Gasteiger partial charge is 0.330 e. The summed E-state index contributed by atoms with van der Waals surface area (Å²) >= 11 is 12.3. The highest BCUT2D eigenvalue weighted by Crippen LogP contribution is 2.25. The van der Waals surface area contributed by atoms with E-state index in [4.69, 9.17) is 23.2 Å². The predicted molar refractivity (Wildman–Crippen MR) is 71.8 cm³/mol. The SMILES string of the molecule is CCCc1nccn1Cc1c(Cl)cccc1Cl. The summed E-state index contributed by atoms with van der Waals surface area (Å²) in [6, 6.07) is 5.58. The second-order valence-electron chi connectivity index (χ2n) is 3.92. The van der Waals surface area contributed by atoms with Crippen LogP contribution in [0.3, 0.4) is 0 Å². The van der Waals surface area contributed by atoms with Crippen molar-refractivity contribution < 1.29 is 0 Å². The van der Waals surface area contributed by atoms with Gasteiger partial charge in [0.2, 0.25) is 0 Å². The van der Waals surface area contributed by atoms with E-state index in [0.29, 0.717) is 16.6 Å². The molecule has 0 N–H and O–H groups in total. The molecule has 17 heavy (non-hydrogen) atoms. The van der Waals surface area contributed by atoms with E-state index in [9.17, 15) is 0 Å². The summed E-state index contributed by atoms with van der Waals surface area (Å²) in [4.78, 5) is 4.34. The Labute approximate surface area is 111 Å². The van der Waals surface area contributed by atoms with Crippen LogP contribution in [0.1, 0.15) is 24.7 Å². The molecule has 1 heterocycles. The van der Waals surface area contributed by atoms with Gasteiger partial charge in [-0.1, -0.05) is 36.2 Å². The van der Waals surface area contributed by atoms with Gasteiger partial charge in [-0.05, 0) is 18.6 Å². The Morgan fingerprint density at radius 3 is 2.59 bits per heavy atom. The quantitative estimate of drug-likeness (QED) is 0.813. The zero-order valence-electron chi connectivity index (χ0n) is 9.66. The zero-order chi connectivity index (χ0) is 12.3. The van der Waals surface area contributed by atoms with E-state index in [0.717, 1.165) is 24.2 Å². The van der Waals surface area contributed by atoms with Crippen molar-refractivity contribution in [1.82, 2.24) is 9.55 Å². The monoisotopic (exact) mass is 268 g/mol. The van der Waals surface area contributed by atoms with Gasteiger partial charge < -0.3 is 4.57 Å². The molecule has 0 spiro atoms. The molecule has 2 rings (SSSR count). The van der Waals surface area contributed by atoms with Gasteiger partial charge in [0.15, 0.2) is 0 Å². The molecule has 0 atom stereocenters. The maximum atomic E-state index is 6.16. The number of hydrogen-bond acceptors (Lipinski definition) is 1. The summed E-state index contributed by atoms with van der Waals surface area (Å²) in [7, 11) is 0. The summed E-state index contributed by atoms with van der Waals surface area (Å²) in [5.41, 5.74) is 0.950. The molecule has 0 saturated heterocycles. The smallest absolute Gasteiger partial charge is 0.108 e. The molecule has 0 aliphatic rings. The average molecular weight is 269 g/mol. The van der Waals surface area contributed by atoms with Gasteiger partial charge in [0.25, 0.3) is 0 Å². The molecule has 2 nitrogen and oxygen atoms in total. The van der Waals surface area contributed by atoms with Gasteiger partial charge in [0, 0.05) is 34.4 Å². The molecule has 4 heteroatoms. The van der Waals surface area contributed by atoms with Gasteiger partial charge in [0.05, 0.1) is 6.54 Å². The number of benzene rings is 1. The van der Waals surface area contributed by atoms with Gasteiger partial charge in [-0.2, -0.15) is 0 Å². The highest BCUT2D eigenvalue weighted by Gasteiger charge is 2.08. The van der Waals surface area contributed by atoms with E-state index in [2.05, 4.69) is 16.5 Å². The summed E-state index contributed by atoms with van der Waals surface area (Å²) in [6.45, 7) is 2.81. The second-order valence-corrected chi connectivity index (χ2v) is 4.74. The van der Waals surface area contributed by atoms with Crippen LogP contribution >= 0.6 is 23.2 Å². The van der Waals surface area contributed by atoms with Crippen LogP contribution < -0.4 is 0 Å². The lowest BCUT2D eigenvalue weighted by Gasteiger charge is -2.10. The molecule has 0 bridgehead atoms. The summed E-state index contributed by atoms with van der Waals surface area (Å²) in [5, 5.41) is 1.40. The van der Waals surface area contributed by atoms with Crippen molar-refractivity contribution in [3.8, 4) is 0 Å². The Morgan fingerprint density at radius 1 is 1.24 bits per heavy atom. The number of aryl methyl sites for hydroxylation is 1. The highest BCUT2D eigenvalue weighted by atomic mass is 35.5. The normalized spacial score (nSPS) is 10.8. The van der Waals surface area contributed by atoms with E-state index in [1.807, 2.05) is 30.6 Å². The van der Waals surface area contributed by atoms with Gasteiger partial charge >= 0.3 is 0 Å². The van der Waals surface area contributed by atoms with Crippen molar-refractivity contribution in [2.45, 2.75) is 26.3 Å². The van der Waals surface area contributed by atoms with E-state index in [1.54, 1.807) is 0 Å². The molecule has 1 aromatic heterocycles. The minimum atomic E-state index is 0.674.